The molecule has 0 spiro atoms. The monoisotopic (exact) mass is 280 g/mol. The Hall–Kier alpha value is -1.29. The van der Waals surface area contributed by atoms with E-state index in [2.05, 4.69) is 21.0 Å². The van der Waals surface area contributed by atoms with Gasteiger partial charge in [0.1, 0.15) is 12.4 Å². The van der Waals surface area contributed by atoms with Gasteiger partial charge in [0.15, 0.2) is 0 Å². The largest absolute Gasteiger partial charge is 0.489 e. The molecule has 4 heteroatoms. The van der Waals surface area contributed by atoms with Gasteiger partial charge in [-0.15, -0.1) is 0 Å². The van der Waals surface area contributed by atoms with Gasteiger partial charge in [0, 0.05) is 22.8 Å². The second kappa shape index (κ2) is 4.70. The molecule has 0 aliphatic carbocycles. The first-order valence-corrected chi connectivity index (χ1v) is 5.82. The van der Waals surface area contributed by atoms with E-state index >= 15 is 0 Å². The SMILES string of the molecule is Cc1c(COc2ccc(Br)cc2)cnn1C. The fourth-order valence-corrected chi connectivity index (χ4v) is 1.64. The molecule has 3 nitrogen and oxygen atoms in total. The van der Waals surface area contributed by atoms with E-state index in [9.17, 15) is 0 Å². The van der Waals surface area contributed by atoms with E-state index < -0.39 is 0 Å². The summed E-state index contributed by atoms with van der Waals surface area (Å²) in [5.41, 5.74) is 2.25. The summed E-state index contributed by atoms with van der Waals surface area (Å²) in [6.07, 6.45) is 1.84. The molecule has 84 valence electrons. The number of hydrogen-bond acceptors (Lipinski definition) is 2. The lowest BCUT2D eigenvalue weighted by atomic mass is 10.3. The standard InChI is InChI=1S/C12H13BrN2O/c1-9-10(7-14-15(9)2)8-16-12-5-3-11(13)4-6-12/h3-7H,8H2,1-2H3. The van der Waals surface area contributed by atoms with Crippen molar-refractivity contribution in [3.05, 3.63) is 46.2 Å². The maximum Gasteiger partial charge on any atom is 0.119 e. The molecule has 0 N–H and O–H groups in total. The van der Waals surface area contributed by atoms with Gasteiger partial charge < -0.3 is 4.74 Å². The number of nitrogens with zero attached hydrogens (tertiary/aromatic N) is 2. The number of hydrogen-bond donors (Lipinski definition) is 0. The minimum absolute atomic E-state index is 0.557. The predicted octanol–water partition coefficient (Wildman–Crippen LogP) is 3.07. The number of aromatic nitrogens is 2. The van der Waals surface area contributed by atoms with Crippen LogP contribution in [0.3, 0.4) is 0 Å². The minimum atomic E-state index is 0.557. The predicted molar refractivity (Wildman–Crippen MR) is 66.4 cm³/mol. The zero-order valence-corrected chi connectivity index (χ0v) is 10.9. The van der Waals surface area contributed by atoms with Crippen molar-refractivity contribution in [1.29, 1.82) is 0 Å². The summed E-state index contributed by atoms with van der Waals surface area (Å²) >= 11 is 3.39. The third-order valence-electron chi connectivity index (χ3n) is 2.54. The molecule has 0 atom stereocenters. The van der Waals surface area contributed by atoms with Gasteiger partial charge in [0.25, 0.3) is 0 Å². The number of ether oxygens (including phenoxy) is 1. The summed E-state index contributed by atoms with van der Waals surface area (Å²) in [6, 6.07) is 7.81. The van der Waals surface area contributed by atoms with Crippen LogP contribution in [0.15, 0.2) is 34.9 Å². The fourth-order valence-electron chi connectivity index (χ4n) is 1.38. The van der Waals surface area contributed by atoms with Gasteiger partial charge in [-0.05, 0) is 31.2 Å². The normalized spacial score (nSPS) is 10.4. The van der Waals surface area contributed by atoms with Crippen molar-refractivity contribution >= 4 is 15.9 Å². The average Bonchev–Trinajstić information content (AvgIpc) is 2.60. The Kier molecular flexibility index (Phi) is 3.29. The first-order chi connectivity index (χ1) is 7.66. The Morgan fingerprint density at radius 3 is 2.56 bits per heavy atom. The lowest BCUT2D eigenvalue weighted by Crippen LogP contribution is -1.98. The molecule has 0 aliphatic heterocycles. The first kappa shape index (κ1) is 11.2. The summed E-state index contributed by atoms with van der Waals surface area (Å²) < 4.78 is 8.57. The molecule has 1 aromatic carbocycles. The number of rotatable bonds is 3. The molecule has 0 aliphatic rings. The quantitative estimate of drug-likeness (QED) is 0.864. The van der Waals surface area contributed by atoms with Crippen LogP contribution in [0.1, 0.15) is 11.3 Å². The van der Waals surface area contributed by atoms with Crippen LogP contribution >= 0.6 is 15.9 Å². The molecule has 2 rings (SSSR count). The Morgan fingerprint density at radius 2 is 2.00 bits per heavy atom. The maximum absolute atomic E-state index is 5.67. The van der Waals surface area contributed by atoms with E-state index in [1.165, 1.54) is 0 Å². The summed E-state index contributed by atoms with van der Waals surface area (Å²) in [4.78, 5) is 0. The van der Waals surface area contributed by atoms with Crippen LogP contribution < -0.4 is 4.74 Å². The van der Waals surface area contributed by atoms with E-state index in [4.69, 9.17) is 4.74 Å². The van der Waals surface area contributed by atoms with Gasteiger partial charge in [-0.25, -0.2) is 0 Å². The number of aryl methyl sites for hydroxylation is 1. The van der Waals surface area contributed by atoms with Crippen LogP contribution in [0.5, 0.6) is 5.75 Å². The van der Waals surface area contributed by atoms with Crippen LogP contribution in [-0.2, 0) is 13.7 Å². The van der Waals surface area contributed by atoms with E-state index in [1.807, 2.05) is 49.1 Å². The third-order valence-corrected chi connectivity index (χ3v) is 3.07. The van der Waals surface area contributed by atoms with Crippen LogP contribution in [0, 0.1) is 6.92 Å². The van der Waals surface area contributed by atoms with Crippen LogP contribution in [0.2, 0.25) is 0 Å². The van der Waals surface area contributed by atoms with E-state index in [-0.39, 0.29) is 0 Å². The van der Waals surface area contributed by atoms with Crippen molar-refractivity contribution < 1.29 is 4.74 Å². The van der Waals surface area contributed by atoms with Crippen molar-refractivity contribution in [2.24, 2.45) is 7.05 Å². The molecule has 1 aromatic heterocycles. The average molecular weight is 281 g/mol. The highest BCUT2D eigenvalue weighted by Crippen LogP contribution is 2.17. The number of halogens is 1. The van der Waals surface area contributed by atoms with E-state index in [1.54, 1.807) is 0 Å². The zero-order valence-electron chi connectivity index (χ0n) is 9.27. The summed E-state index contributed by atoms with van der Waals surface area (Å²) in [6.45, 7) is 2.59. The van der Waals surface area contributed by atoms with Crippen LogP contribution in [0.25, 0.3) is 0 Å². The van der Waals surface area contributed by atoms with Crippen LogP contribution in [0.4, 0.5) is 0 Å². The maximum atomic E-state index is 5.67. The van der Waals surface area contributed by atoms with E-state index in [0.717, 1.165) is 21.5 Å². The Morgan fingerprint density at radius 1 is 1.31 bits per heavy atom. The summed E-state index contributed by atoms with van der Waals surface area (Å²) in [7, 11) is 1.93. The Labute approximate surface area is 103 Å². The molecule has 0 radical (unpaired) electrons. The van der Waals surface area contributed by atoms with Gasteiger partial charge in [-0.3, -0.25) is 4.68 Å². The molecule has 0 unspecified atom stereocenters. The Balaban J connectivity index is 2.02. The molecule has 0 amide bonds. The molecule has 0 fully saturated rings. The van der Waals surface area contributed by atoms with Gasteiger partial charge in [0.05, 0.1) is 6.20 Å². The zero-order chi connectivity index (χ0) is 11.5. The third kappa shape index (κ3) is 2.44. The van der Waals surface area contributed by atoms with Gasteiger partial charge in [-0.1, -0.05) is 15.9 Å². The van der Waals surface area contributed by atoms with Gasteiger partial charge in [0.2, 0.25) is 0 Å². The molecule has 0 bridgehead atoms. The number of benzene rings is 1. The molecule has 1 heterocycles. The summed E-state index contributed by atoms with van der Waals surface area (Å²) in [5, 5.41) is 4.17. The fraction of sp³-hybridized carbons (Fsp3) is 0.250. The molecular weight excluding hydrogens is 268 g/mol. The highest BCUT2D eigenvalue weighted by atomic mass is 79.9. The molecule has 0 saturated carbocycles. The van der Waals surface area contributed by atoms with Gasteiger partial charge in [-0.2, -0.15) is 5.10 Å². The first-order valence-electron chi connectivity index (χ1n) is 5.02. The van der Waals surface area contributed by atoms with Crippen molar-refractivity contribution in [2.75, 3.05) is 0 Å². The van der Waals surface area contributed by atoms with Crippen molar-refractivity contribution in [2.45, 2.75) is 13.5 Å². The molecule has 0 saturated heterocycles. The minimum Gasteiger partial charge on any atom is -0.489 e. The van der Waals surface area contributed by atoms with Crippen molar-refractivity contribution in [3.8, 4) is 5.75 Å². The van der Waals surface area contributed by atoms with Crippen molar-refractivity contribution in [3.63, 3.8) is 0 Å². The molecular formula is C12H13BrN2O. The lowest BCUT2D eigenvalue weighted by Gasteiger charge is -2.05. The van der Waals surface area contributed by atoms with Crippen LogP contribution in [-0.4, -0.2) is 9.78 Å². The summed E-state index contributed by atoms with van der Waals surface area (Å²) in [5.74, 6) is 0.867. The topological polar surface area (TPSA) is 27.1 Å². The van der Waals surface area contributed by atoms with Crippen molar-refractivity contribution in [1.82, 2.24) is 9.78 Å². The second-order valence-electron chi connectivity index (χ2n) is 3.62. The van der Waals surface area contributed by atoms with Gasteiger partial charge >= 0.3 is 0 Å². The highest BCUT2D eigenvalue weighted by molar-refractivity contribution is 9.10. The Bertz CT molecular complexity index is 476. The molecule has 16 heavy (non-hydrogen) atoms. The smallest absolute Gasteiger partial charge is 0.119 e. The lowest BCUT2D eigenvalue weighted by molar-refractivity contribution is 0.305. The molecule has 2 aromatic rings. The van der Waals surface area contributed by atoms with E-state index in [0.29, 0.717) is 6.61 Å². The second-order valence-corrected chi connectivity index (χ2v) is 4.54. The highest BCUT2D eigenvalue weighted by Gasteiger charge is 2.04.